The van der Waals surface area contributed by atoms with Crippen LogP contribution in [0.15, 0.2) is 60.7 Å². The van der Waals surface area contributed by atoms with E-state index in [0.717, 1.165) is 75.2 Å². The molecule has 2 aliphatic heterocycles. The number of amides is 1. The highest BCUT2D eigenvalue weighted by Gasteiger charge is 2.20. The molecule has 2 aliphatic rings. The number of hydrogen-bond acceptors (Lipinski definition) is 4. The standard InChI is InChI=1S/C32H39FN4O/c1-22-20-37(15-14-36-22)21-25-4-2-5-27(17-25)30-19-24(8-9-31(30)33)18-29-26(6-3-7-28(29)32(34)38)16-23-10-12-35-13-11-23/h2-9,17,19,22-23,35-36H,10-16,18,20-21H2,1H3,(H2,34,38)/t22-/m0/s1. The van der Waals surface area contributed by atoms with Crippen molar-refractivity contribution in [3.8, 4) is 11.1 Å². The second-order valence-electron chi connectivity index (χ2n) is 11.0. The molecule has 0 saturated carbocycles. The van der Waals surface area contributed by atoms with Crippen LogP contribution in [0.5, 0.6) is 0 Å². The summed E-state index contributed by atoms with van der Waals surface area (Å²) in [5, 5.41) is 6.91. The lowest BCUT2D eigenvalue weighted by Gasteiger charge is -2.31. The molecule has 1 atom stereocenters. The average molecular weight is 515 g/mol. The minimum Gasteiger partial charge on any atom is -0.366 e. The molecule has 0 bridgehead atoms. The Labute approximate surface area is 225 Å². The second kappa shape index (κ2) is 12.2. The molecule has 4 N–H and O–H groups in total. The highest BCUT2D eigenvalue weighted by atomic mass is 19.1. The first-order valence-corrected chi connectivity index (χ1v) is 13.9. The Balaban J connectivity index is 1.41. The van der Waals surface area contributed by atoms with Crippen LogP contribution in [0.3, 0.4) is 0 Å². The van der Waals surface area contributed by atoms with Gasteiger partial charge in [0.05, 0.1) is 0 Å². The predicted octanol–water partition coefficient (Wildman–Crippen LogP) is 4.52. The van der Waals surface area contributed by atoms with E-state index in [9.17, 15) is 4.79 Å². The van der Waals surface area contributed by atoms with Gasteiger partial charge in [-0.2, -0.15) is 0 Å². The summed E-state index contributed by atoms with van der Waals surface area (Å²) >= 11 is 0. The predicted molar refractivity (Wildman–Crippen MR) is 152 cm³/mol. The Morgan fingerprint density at radius 3 is 2.63 bits per heavy atom. The summed E-state index contributed by atoms with van der Waals surface area (Å²) in [7, 11) is 0. The fourth-order valence-corrected chi connectivity index (χ4v) is 6.02. The van der Waals surface area contributed by atoms with E-state index in [1.165, 1.54) is 11.1 Å². The number of piperidine rings is 1. The summed E-state index contributed by atoms with van der Waals surface area (Å²) < 4.78 is 15.1. The van der Waals surface area contributed by atoms with Gasteiger partial charge in [0.15, 0.2) is 0 Å². The van der Waals surface area contributed by atoms with Gasteiger partial charge in [-0.1, -0.05) is 36.4 Å². The molecular weight excluding hydrogens is 475 g/mol. The highest BCUT2D eigenvalue weighted by molar-refractivity contribution is 5.94. The molecule has 2 saturated heterocycles. The quantitative estimate of drug-likeness (QED) is 0.414. The molecule has 1 amide bonds. The third-order valence-corrected chi connectivity index (χ3v) is 8.01. The zero-order valence-electron chi connectivity index (χ0n) is 22.3. The molecule has 200 valence electrons. The van der Waals surface area contributed by atoms with Crippen molar-refractivity contribution in [2.75, 3.05) is 32.7 Å². The Morgan fingerprint density at radius 1 is 1.03 bits per heavy atom. The Morgan fingerprint density at radius 2 is 1.84 bits per heavy atom. The number of benzene rings is 3. The number of hydrogen-bond donors (Lipinski definition) is 3. The SMILES string of the molecule is C[C@H]1CN(Cc2cccc(-c3cc(Cc4c(CC5CCNCC5)cccc4C(N)=O)ccc3F)c2)CCN1. The fraction of sp³-hybridized carbons (Fsp3) is 0.406. The van der Waals surface area contributed by atoms with E-state index >= 15 is 4.39 Å². The van der Waals surface area contributed by atoms with Crippen LogP contribution in [0.2, 0.25) is 0 Å². The molecule has 5 nitrogen and oxygen atoms in total. The number of primary amides is 1. The number of carbonyl (C=O) groups excluding carboxylic acids is 1. The van der Waals surface area contributed by atoms with Gasteiger partial charge in [0.25, 0.3) is 0 Å². The van der Waals surface area contributed by atoms with Crippen LogP contribution >= 0.6 is 0 Å². The minimum absolute atomic E-state index is 0.236. The van der Waals surface area contributed by atoms with Gasteiger partial charge in [-0.05, 0) is 104 Å². The van der Waals surface area contributed by atoms with Gasteiger partial charge in [-0.25, -0.2) is 4.39 Å². The lowest BCUT2D eigenvalue weighted by molar-refractivity contribution is 0.0999. The van der Waals surface area contributed by atoms with Crippen LogP contribution in [0.4, 0.5) is 4.39 Å². The number of nitrogens with zero attached hydrogens (tertiary/aromatic N) is 1. The van der Waals surface area contributed by atoms with Crippen LogP contribution in [0.25, 0.3) is 11.1 Å². The molecule has 5 rings (SSSR count). The van der Waals surface area contributed by atoms with E-state index < -0.39 is 5.91 Å². The summed E-state index contributed by atoms with van der Waals surface area (Å²) in [5.41, 5.74) is 12.1. The molecule has 3 aromatic rings. The van der Waals surface area contributed by atoms with Crippen molar-refractivity contribution in [3.05, 3.63) is 94.3 Å². The average Bonchev–Trinajstić information content (AvgIpc) is 2.91. The van der Waals surface area contributed by atoms with Crippen LogP contribution in [0, 0.1) is 11.7 Å². The van der Waals surface area contributed by atoms with E-state index in [2.05, 4.69) is 40.7 Å². The lowest BCUT2D eigenvalue weighted by Crippen LogP contribution is -2.48. The number of piperazine rings is 1. The number of carbonyl (C=O) groups is 1. The van der Waals surface area contributed by atoms with Crippen molar-refractivity contribution < 1.29 is 9.18 Å². The van der Waals surface area contributed by atoms with E-state index in [0.29, 0.717) is 29.5 Å². The third kappa shape index (κ3) is 6.49. The first kappa shape index (κ1) is 26.5. The van der Waals surface area contributed by atoms with Crippen molar-refractivity contribution >= 4 is 5.91 Å². The maximum absolute atomic E-state index is 15.1. The lowest BCUT2D eigenvalue weighted by atomic mass is 9.85. The Kier molecular flexibility index (Phi) is 8.52. The van der Waals surface area contributed by atoms with Gasteiger partial charge in [-0.3, -0.25) is 9.69 Å². The number of rotatable bonds is 8. The Bertz CT molecular complexity index is 1270. The molecule has 0 radical (unpaired) electrons. The highest BCUT2D eigenvalue weighted by Crippen LogP contribution is 2.29. The third-order valence-electron chi connectivity index (χ3n) is 8.01. The monoisotopic (exact) mass is 514 g/mol. The zero-order valence-corrected chi connectivity index (χ0v) is 22.3. The van der Waals surface area contributed by atoms with E-state index in [1.807, 2.05) is 36.4 Å². The smallest absolute Gasteiger partial charge is 0.248 e. The molecule has 2 fully saturated rings. The maximum Gasteiger partial charge on any atom is 0.248 e. The van der Waals surface area contributed by atoms with Crippen LogP contribution in [-0.4, -0.2) is 49.6 Å². The van der Waals surface area contributed by atoms with Gasteiger partial charge in [0.2, 0.25) is 5.91 Å². The molecule has 2 heterocycles. The minimum atomic E-state index is -0.413. The molecule has 3 aromatic carbocycles. The zero-order chi connectivity index (χ0) is 26.5. The van der Waals surface area contributed by atoms with Crippen molar-refractivity contribution in [3.63, 3.8) is 0 Å². The van der Waals surface area contributed by atoms with E-state index in [1.54, 1.807) is 6.07 Å². The summed E-state index contributed by atoms with van der Waals surface area (Å²) in [6.07, 6.45) is 3.73. The molecular formula is C32H39FN4O. The largest absolute Gasteiger partial charge is 0.366 e. The summed E-state index contributed by atoms with van der Waals surface area (Å²) in [5.74, 6) is -0.0624. The van der Waals surface area contributed by atoms with Crippen molar-refractivity contribution in [2.45, 2.75) is 45.2 Å². The first-order chi connectivity index (χ1) is 18.5. The summed E-state index contributed by atoms with van der Waals surface area (Å²) in [6.45, 7) is 8.13. The number of halogens is 1. The van der Waals surface area contributed by atoms with Gasteiger partial charge in [0.1, 0.15) is 5.82 Å². The maximum atomic E-state index is 15.1. The molecule has 38 heavy (non-hydrogen) atoms. The number of nitrogens with two attached hydrogens (primary N) is 1. The second-order valence-corrected chi connectivity index (χ2v) is 11.0. The molecule has 0 aliphatic carbocycles. The van der Waals surface area contributed by atoms with Crippen LogP contribution in [0.1, 0.15) is 52.4 Å². The van der Waals surface area contributed by atoms with Gasteiger partial charge >= 0.3 is 0 Å². The van der Waals surface area contributed by atoms with Gasteiger partial charge < -0.3 is 16.4 Å². The number of nitrogens with one attached hydrogen (secondary N) is 2. The summed E-state index contributed by atoms with van der Waals surface area (Å²) in [4.78, 5) is 14.8. The van der Waals surface area contributed by atoms with Crippen molar-refractivity contribution in [1.29, 1.82) is 0 Å². The molecule has 6 heteroatoms. The molecule has 0 unspecified atom stereocenters. The molecule has 0 spiro atoms. The topological polar surface area (TPSA) is 70.4 Å². The van der Waals surface area contributed by atoms with Crippen LogP contribution < -0.4 is 16.4 Å². The van der Waals surface area contributed by atoms with Gasteiger partial charge in [-0.15, -0.1) is 0 Å². The normalized spacial score (nSPS) is 18.9. The van der Waals surface area contributed by atoms with E-state index in [-0.39, 0.29) is 5.82 Å². The van der Waals surface area contributed by atoms with E-state index in [4.69, 9.17) is 5.73 Å². The first-order valence-electron chi connectivity index (χ1n) is 13.9. The van der Waals surface area contributed by atoms with Crippen molar-refractivity contribution in [2.24, 2.45) is 11.7 Å². The fourth-order valence-electron chi connectivity index (χ4n) is 6.02. The molecule has 0 aromatic heterocycles. The van der Waals surface area contributed by atoms with Gasteiger partial charge in [0, 0.05) is 43.3 Å². The van der Waals surface area contributed by atoms with Crippen molar-refractivity contribution in [1.82, 2.24) is 15.5 Å². The Hall–Kier alpha value is -3.06. The summed E-state index contributed by atoms with van der Waals surface area (Å²) in [6, 6.07) is 19.9. The van der Waals surface area contributed by atoms with Crippen LogP contribution in [-0.2, 0) is 19.4 Å².